The van der Waals surface area contributed by atoms with Crippen LogP contribution in [0.1, 0.15) is 26.7 Å². The Labute approximate surface area is 112 Å². The Kier molecular flexibility index (Phi) is 10.9. The van der Waals surface area contributed by atoms with Crippen LogP contribution in [0.5, 0.6) is 0 Å². The van der Waals surface area contributed by atoms with E-state index in [1.54, 1.807) is 21.3 Å². The lowest BCUT2D eigenvalue weighted by Gasteiger charge is -2.24. The molecule has 0 saturated carbocycles. The zero-order valence-electron chi connectivity index (χ0n) is 12.4. The van der Waals surface area contributed by atoms with Crippen molar-refractivity contribution in [2.75, 3.05) is 41.2 Å². The Morgan fingerprint density at radius 3 is 2.06 bits per heavy atom. The molecule has 0 spiro atoms. The van der Waals surface area contributed by atoms with Crippen LogP contribution in [-0.4, -0.2) is 56.1 Å². The molecule has 0 aromatic carbocycles. The van der Waals surface area contributed by atoms with Crippen LogP contribution in [-0.2, 0) is 22.8 Å². The molecule has 1 unspecified atom stereocenters. The minimum absolute atomic E-state index is 0.309. The molecule has 0 rings (SSSR count). The lowest BCUT2D eigenvalue weighted by molar-refractivity contribution is 0.0104. The first-order valence-corrected chi connectivity index (χ1v) is 8.42. The van der Waals surface area contributed by atoms with E-state index in [9.17, 15) is 0 Å². The molecule has 0 aliphatic heterocycles. The largest absolute Gasteiger partial charge is 0.500 e. The van der Waals surface area contributed by atoms with Crippen LogP contribution in [0.4, 0.5) is 0 Å². The first-order chi connectivity index (χ1) is 8.64. The van der Waals surface area contributed by atoms with Gasteiger partial charge in [-0.25, -0.2) is 0 Å². The highest BCUT2D eigenvalue weighted by atomic mass is 28.4. The van der Waals surface area contributed by atoms with Gasteiger partial charge in [0.15, 0.2) is 0 Å². The van der Waals surface area contributed by atoms with Gasteiger partial charge in [-0.05, 0) is 19.8 Å². The monoisotopic (exact) mass is 280 g/mol. The van der Waals surface area contributed by atoms with Crippen LogP contribution in [0.3, 0.4) is 0 Å². The van der Waals surface area contributed by atoms with E-state index in [2.05, 4.69) is 13.8 Å². The highest BCUT2D eigenvalue weighted by Crippen LogP contribution is 2.14. The summed E-state index contributed by atoms with van der Waals surface area (Å²) in [5.41, 5.74) is 0. The van der Waals surface area contributed by atoms with Gasteiger partial charge in [-0.3, -0.25) is 0 Å². The van der Waals surface area contributed by atoms with Gasteiger partial charge < -0.3 is 22.8 Å². The van der Waals surface area contributed by atoms with Crippen molar-refractivity contribution in [1.82, 2.24) is 0 Å². The summed E-state index contributed by atoms with van der Waals surface area (Å²) in [6.07, 6.45) is 2.21. The van der Waals surface area contributed by atoms with E-state index >= 15 is 0 Å². The second-order valence-electron chi connectivity index (χ2n) is 4.10. The summed E-state index contributed by atoms with van der Waals surface area (Å²) in [6.45, 7) is 6.13. The Morgan fingerprint density at radius 1 is 0.944 bits per heavy atom. The maximum Gasteiger partial charge on any atom is 0.500 e. The van der Waals surface area contributed by atoms with Gasteiger partial charge in [-0.2, -0.15) is 0 Å². The highest BCUT2D eigenvalue weighted by molar-refractivity contribution is 6.60. The Hall–Kier alpha value is 0.0169. The molecule has 6 heteroatoms. The Morgan fingerprint density at radius 2 is 1.56 bits per heavy atom. The summed E-state index contributed by atoms with van der Waals surface area (Å²) in [4.78, 5) is 0. The van der Waals surface area contributed by atoms with Crippen LogP contribution < -0.4 is 0 Å². The van der Waals surface area contributed by atoms with Crippen molar-refractivity contribution in [2.45, 2.75) is 38.8 Å². The Bertz CT molecular complexity index is 179. The molecule has 110 valence electrons. The molecule has 5 nitrogen and oxygen atoms in total. The van der Waals surface area contributed by atoms with E-state index < -0.39 is 8.80 Å². The number of hydrogen-bond acceptors (Lipinski definition) is 5. The van der Waals surface area contributed by atoms with Crippen LogP contribution in [0.25, 0.3) is 0 Å². The molecule has 0 heterocycles. The molecule has 0 aliphatic carbocycles. The molecule has 1 atom stereocenters. The van der Waals surface area contributed by atoms with Crippen molar-refractivity contribution in [3.05, 3.63) is 0 Å². The van der Waals surface area contributed by atoms with Crippen LogP contribution >= 0.6 is 0 Å². The lowest BCUT2D eigenvalue weighted by Crippen LogP contribution is -2.42. The van der Waals surface area contributed by atoms with Crippen LogP contribution in [0, 0.1) is 0 Å². The van der Waals surface area contributed by atoms with Gasteiger partial charge in [-0.1, -0.05) is 6.92 Å². The summed E-state index contributed by atoms with van der Waals surface area (Å²) in [5, 5.41) is 0. The first kappa shape index (κ1) is 18.0. The van der Waals surface area contributed by atoms with Crippen molar-refractivity contribution in [3.8, 4) is 0 Å². The van der Waals surface area contributed by atoms with Gasteiger partial charge in [-0.15, -0.1) is 0 Å². The number of rotatable bonds is 12. The maximum absolute atomic E-state index is 5.51. The smallest absolute Gasteiger partial charge is 0.379 e. The van der Waals surface area contributed by atoms with Crippen molar-refractivity contribution in [2.24, 2.45) is 0 Å². The van der Waals surface area contributed by atoms with Gasteiger partial charge >= 0.3 is 8.80 Å². The highest BCUT2D eigenvalue weighted by Gasteiger charge is 2.36. The average Bonchev–Trinajstić information content (AvgIpc) is 2.42. The van der Waals surface area contributed by atoms with Crippen molar-refractivity contribution < 1.29 is 22.8 Å². The molecule has 0 bridgehead atoms. The fourth-order valence-corrected chi connectivity index (χ4v) is 3.16. The lowest BCUT2D eigenvalue weighted by atomic mass is 10.3. The van der Waals surface area contributed by atoms with E-state index in [1.807, 2.05) is 0 Å². The third kappa shape index (κ3) is 7.45. The Balaban J connectivity index is 3.49. The summed E-state index contributed by atoms with van der Waals surface area (Å²) < 4.78 is 27.0. The van der Waals surface area contributed by atoms with E-state index in [0.717, 1.165) is 18.9 Å². The zero-order chi connectivity index (χ0) is 13.9. The van der Waals surface area contributed by atoms with E-state index in [1.165, 1.54) is 0 Å². The second kappa shape index (κ2) is 10.9. The minimum Gasteiger partial charge on any atom is -0.379 e. The molecule has 0 aromatic rings. The molecule has 0 aliphatic rings. The van der Waals surface area contributed by atoms with Gasteiger partial charge in [0.2, 0.25) is 0 Å². The summed E-state index contributed by atoms with van der Waals surface area (Å²) >= 11 is 0. The van der Waals surface area contributed by atoms with Crippen molar-refractivity contribution >= 4 is 8.80 Å². The van der Waals surface area contributed by atoms with E-state index in [-0.39, 0.29) is 0 Å². The average molecular weight is 280 g/mol. The van der Waals surface area contributed by atoms with Gasteiger partial charge in [0.25, 0.3) is 0 Å². The number of ether oxygens (including phenoxy) is 2. The SMILES string of the molecule is CCC(C)OCCOCCC[Si](OC)(OC)OC. The standard InChI is InChI=1S/C12H28O5Si/c1-6-12(2)17-10-9-16-8-7-11-18(13-3,14-4)15-5/h12H,6-11H2,1-5H3. The van der Waals surface area contributed by atoms with E-state index in [0.29, 0.717) is 25.9 Å². The minimum atomic E-state index is -2.42. The normalized spacial score (nSPS) is 13.8. The van der Waals surface area contributed by atoms with Crippen molar-refractivity contribution in [3.63, 3.8) is 0 Å². The predicted octanol–water partition coefficient (Wildman–Crippen LogP) is 2.09. The fraction of sp³-hybridized carbons (Fsp3) is 1.00. The van der Waals surface area contributed by atoms with Gasteiger partial charge in [0.1, 0.15) is 0 Å². The third-order valence-electron chi connectivity index (χ3n) is 2.91. The molecule has 0 radical (unpaired) electrons. The first-order valence-electron chi connectivity index (χ1n) is 6.49. The molecule has 0 N–H and O–H groups in total. The fourth-order valence-electron chi connectivity index (χ4n) is 1.48. The zero-order valence-corrected chi connectivity index (χ0v) is 13.4. The maximum atomic E-state index is 5.51. The van der Waals surface area contributed by atoms with Crippen LogP contribution in [0.2, 0.25) is 6.04 Å². The number of hydrogen-bond donors (Lipinski definition) is 0. The molecule has 0 aromatic heterocycles. The van der Waals surface area contributed by atoms with E-state index in [4.69, 9.17) is 22.8 Å². The molecular formula is C12H28O5Si. The molecule has 18 heavy (non-hydrogen) atoms. The third-order valence-corrected chi connectivity index (χ3v) is 5.74. The van der Waals surface area contributed by atoms with Crippen LogP contribution in [0.15, 0.2) is 0 Å². The quantitative estimate of drug-likeness (QED) is 0.404. The summed E-state index contributed by atoms with van der Waals surface area (Å²) in [6, 6.07) is 0.767. The molecular weight excluding hydrogens is 252 g/mol. The second-order valence-corrected chi connectivity index (χ2v) is 7.19. The predicted molar refractivity (Wildman–Crippen MR) is 72.7 cm³/mol. The summed E-state index contributed by atoms with van der Waals surface area (Å²) in [7, 11) is 2.45. The molecule has 0 saturated heterocycles. The topological polar surface area (TPSA) is 46.2 Å². The molecule has 0 fully saturated rings. The molecule has 0 amide bonds. The van der Waals surface area contributed by atoms with Gasteiger partial charge in [0, 0.05) is 34.0 Å². The summed E-state index contributed by atoms with van der Waals surface area (Å²) in [5.74, 6) is 0. The van der Waals surface area contributed by atoms with Crippen molar-refractivity contribution in [1.29, 1.82) is 0 Å². The van der Waals surface area contributed by atoms with Gasteiger partial charge in [0.05, 0.1) is 19.3 Å².